The number of hydrogen-bond donors (Lipinski definition) is 1. The van der Waals surface area contributed by atoms with Gasteiger partial charge in [0, 0.05) is 57.4 Å². The summed E-state index contributed by atoms with van der Waals surface area (Å²) in [7, 11) is 0. The molecule has 164 valence electrons. The van der Waals surface area contributed by atoms with E-state index in [0.717, 1.165) is 48.3 Å². The lowest BCUT2D eigenvalue weighted by Gasteiger charge is -2.36. The zero-order chi connectivity index (χ0) is 22.0. The minimum Gasteiger partial charge on any atom is -0.370 e. The van der Waals surface area contributed by atoms with Crippen LogP contribution in [0.3, 0.4) is 0 Å². The molecule has 31 heavy (non-hydrogen) atoms. The molecule has 8 nitrogen and oxygen atoms in total. The number of aryl methyl sites for hydroxylation is 2. The van der Waals surface area contributed by atoms with Crippen molar-refractivity contribution in [1.29, 1.82) is 0 Å². The van der Waals surface area contributed by atoms with Gasteiger partial charge in [-0.2, -0.15) is 0 Å². The Morgan fingerprint density at radius 2 is 1.81 bits per heavy atom. The molecule has 4 rings (SSSR count). The highest BCUT2D eigenvalue weighted by Gasteiger charge is 2.38. The Morgan fingerprint density at radius 1 is 1.10 bits per heavy atom. The highest BCUT2D eigenvalue weighted by Crippen LogP contribution is 2.27. The van der Waals surface area contributed by atoms with Crippen LogP contribution < -0.4 is 15.1 Å². The van der Waals surface area contributed by atoms with Gasteiger partial charge in [-0.3, -0.25) is 9.59 Å². The summed E-state index contributed by atoms with van der Waals surface area (Å²) >= 11 is 0. The maximum Gasteiger partial charge on any atom is 0.228 e. The second-order valence-electron chi connectivity index (χ2n) is 8.24. The van der Waals surface area contributed by atoms with Crippen molar-refractivity contribution < 1.29 is 9.59 Å². The van der Waals surface area contributed by atoms with Crippen LogP contribution in [-0.4, -0.2) is 66.0 Å². The fourth-order valence-corrected chi connectivity index (χ4v) is 4.25. The average molecular weight is 423 g/mol. The van der Waals surface area contributed by atoms with Crippen molar-refractivity contribution in [3.05, 3.63) is 41.7 Å². The monoisotopic (exact) mass is 422 g/mol. The smallest absolute Gasteiger partial charge is 0.228 e. The van der Waals surface area contributed by atoms with Crippen molar-refractivity contribution in [2.75, 3.05) is 54.4 Å². The summed E-state index contributed by atoms with van der Waals surface area (Å²) in [4.78, 5) is 40.4. The maximum absolute atomic E-state index is 13.1. The van der Waals surface area contributed by atoms with Crippen LogP contribution in [0.1, 0.15) is 24.7 Å². The summed E-state index contributed by atoms with van der Waals surface area (Å²) < 4.78 is 0. The largest absolute Gasteiger partial charge is 0.370 e. The Morgan fingerprint density at radius 3 is 2.48 bits per heavy atom. The Balaban J connectivity index is 1.36. The van der Waals surface area contributed by atoms with Crippen LogP contribution in [0.4, 0.5) is 17.3 Å². The summed E-state index contributed by atoms with van der Waals surface area (Å²) in [5.74, 6) is 2.26. The van der Waals surface area contributed by atoms with Crippen LogP contribution in [-0.2, 0) is 9.59 Å². The van der Waals surface area contributed by atoms with Gasteiger partial charge in [0.05, 0.1) is 5.92 Å². The summed E-state index contributed by atoms with van der Waals surface area (Å²) in [6, 6.07) is 9.85. The number of rotatable bonds is 5. The van der Waals surface area contributed by atoms with E-state index in [-0.39, 0.29) is 24.2 Å². The fourth-order valence-electron chi connectivity index (χ4n) is 4.25. The van der Waals surface area contributed by atoms with Crippen LogP contribution in [0.2, 0.25) is 0 Å². The normalized spacial score (nSPS) is 19.1. The molecule has 0 bridgehead atoms. The first-order valence-corrected chi connectivity index (χ1v) is 10.9. The maximum atomic E-state index is 13.1. The van der Waals surface area contributed by atoms with Crippen molar-refractivity contribution in [2.24, 2.45) is 5.92 Å². The second kappa shape index (κ2) is 8.91. The lowest BCUT2D eigenvalue weighted by Crippen LogP contribution is -2.51. The molecule has 8 heteroatoms. The summed E-state index contributed by atoms with van der Waals surface area (Å²) in [6.07, 6.45) is 0.282. The summed E-state index contributed by atoms with van der Waals surface area (Å²) in [6.45, 7) is 9.91. The Hall–Kier alpha value is -3.16. The Kier molecular flexibility index (Phi) is 6.06. The number of nitrogens with zero attached hydrogens (tertiary/aromatic N) is 5. The van der Waals surface area contributed by atoms with Crippen molar-refractivity contribution >= 4 is 29.1 Å². The lowest BCUT2D eigenvalue weighted by atomic mass is 10.1. The number of piperazine rings is 1. The van der Waals surface area contributed by atoms with E-state index >= 15 is 0 Å². The molecule has 1 unspecified atom stereocenters. The first-order valence-electron chi connectivity index (χ1n) is 10.9. The van der Waals surface area contributed by atoms with E-state index in [1.165, 1.54) is 0 Å². The molecule has 0 radical (unpaired) electrons. The zero-order valence-corrected chi connectivity index (χ0v) is 18.5. The molecule has 2 aromatic rings. The van der Waals surface area contributed by atoms with Crippen molar-refractivity contribution in [3.8, 4) is 0 Å². The van der Waals surface area contributed by atoms with Crippen LogP contribution in [0.25, 0.3) is 0 Å². The molecule has 1 aromatic heterocycles. The van der Waals surface area contributed by atoms with E-state index in [0.29, 0.717) is 19.6 Å². The number of hydrogen-bond acceptors (Lipinski definition) is 6. The first kappa shape index (κ1) is 21.1. The fraction of sp³-hybridized carbons (Fsp3) is 0.478. The quantitative estimate of drug-likeness (QED) is 0.796. The van der Waals surface area contributed by atoms with Crippen molar-refractivity contribution in [2.45, 2.75) is 27.2 Å². The minimum absolute atomic E-state index is 0.0215. The van der Waals surface area contributed by atoms with Gasteiger partial charge in [0.1, 0.15) is 17.5 Å². The van der Waals surface area contributed by atoms with Gasteiger partial charge in [0.2, 0.25) is 11.8 Å². The molecule has 0 saturated carbocycles. The van der Waals surface area contributed by atoms with E-state index in [2.05, 4.69) is 20.2 Å². The third kappa shape index (κ3) is 4.62. The van der Waals surface area contributed by atoms with Crippen LogP contribution in [0.5, 0.6) is 0 Å². The number of amides is 2. The molecule has 2 aliphatic heterocycles. The molecule has 2 saturated heterocycles. The molecule has 1 aromatic carbocycles. The predicted molar refractivity (Wildman–Crippen MR) is 121 cm³/mol. The van der Waals surface area contributed by atoms with Crippen LogP contribution in [0.15, 0.2) is 30.3 Å². The molecule has 1 atom stereocenters. The average Bonchev–Trinajstić information content (AvgIpc) is 3.15. The molecule has 2 fully saturated rings. The number of anilines is 3. The van der Waals surface area contributed by atoms with Gasteiger partial charge in [-0.15, -0.1) is 0 Å². The number of carbonyl (C=O) groups is 2. The van der Waals surface area contributed by atoms with Crippen molar-refractivity contribution in [3.63, 3.8) is 0 Å². The summed E-state index contributed by atoms with van der Waals surface area (Å²) in [5.41, 5.74) is 2.02. The minimum atomic E-state index is -0.276. The van der Waals surface area contributed by atoms with Gasteiger partial charge in [-0.1, -0.05) is 17.7 Å². The van der Waals surface area contributed by atoms with Gasteiger partial charge in [-0.05, 0) is 32.9 Å². The zero-order valence-electron chi connectivity index (χ0n) is 18.5. The molecule has 2 aliphatic rings. The highest BCUT2D eigenvalue weighted by molar-refractivity contribution is 6.00. The standard InChI is InChI=1S/C23H30N6O2/c1-4-24-20-14-21(26-17(3)25-20)27-9-11-28(12-10-27)23(31)18-13-22(30)29(15-18)19-7-5-16(2)6-8-19/h5-8,14,18H,4,9-13,15H2,1-3H3,(H,24,25,26). The van der Waals surface area contributed by atoms with Gasteiger partial charge in [0.15, 0.2) is 0 Å². The van der Waals surface area contributed by atoms with Gasteiger partial charge >= 0.3 is 0 Å². The molecule has 0 aliphatic carbocycles. The molecule has 2 amide bonds. The Bertz CT molecular complexity index is 953. The summed E-state index contributed by atoms with van der Waals surface area (Å²) in [5, 5.41) is 3.24. The van der Waals surface area contributed by atoms with E-state index in [4.69, 9.17) is 0 Å². The van der Waals surface area contributed by atoms with E-state index < -0.39 is 0 Å². The number of nitrogens with one attached hydrogen (secondary N) is 1. The van der Waals surface area contributed by atoms with Crippen LogP contribution >= 0.6 is 0 Å². The third-order valence-electron chi connectivity index (χ3n) is 5.92. The van der Waals surface area contributed by atoms with Gasteiger partial charge < -0.3 is 20.0 Å². The predicted octanol–water partition coefficient (Wildman–Crippen LogP) is 2.23. The second-order valence-corrected chi connectivity index (χ2v) is 8.24. The molecular weight excluding hydrogens is 392 g/mol. The van der Waals surface area contributed by atoms with Gasteiger partial charge in [-0.25, -0.2) is 9.97 Å². The van der Waals surface area contributed by atoms with Crippen LogP contribution in [0, 0.1) is 19.8 Å². The molecular formula is C23H30N6O2. The third-order valence-corrected chi connectivity index (χ3v) is 5.92. The molecule has 3 heterocycles. The highest BCUT2D eigenvalue weighted by atomic mass is 16.2. The van der Waals surface area contributed by atoms with Crippen molar-refractivity contribution in [1.82, 2.24) is 14.9 Å². The van der Waals surface area contributed by atoms with E-state index in [1.54, 1.807) is 4.90 Å². The van der Waals surface area contributed by atoms with E-state index in [9.17, 15) is 9.59 Å². The Labute approximate surface area is 183 Å². The topological polar surface area (TPSA) is 81.7 Å². The van der Waals surface area contributed by atoms with Gasteiger partial charge in [0.25, 0.3) is 0 Å². The number of aromatic nitrogens is 2. The molecule has 0 spiro atoms. The molecule has 1 N–H and O–H groups in total. The van der Waals surface area contributed by atoms with E-state index in [1.807, 2.05) is 56.0 Å². The first-order chi connectivity index (χ1) is 14.9. The SMILES string of the molecule is CCNc1cc(N2CCN(C(=O)C3CC(=O)N(c4ccc(C)cc4)C3)CC2)nc(C)n1. The lowest BCUT2D eigenvalue weighted by molar-refractivity contribution is -0.136. The number of carbonyl (C=O) groups excluding carboxylic acids is 2. The number of benzene rings is 1.